The van der Waals surface area contributed by atoms with Gasteiger partial charge in [0, 0.05) is 17.7 Å². The Bertz CT molecular complexity index is 795. The second kappa shape index (κ2) is 6.93. The van der Waals surface area contributed by atoms with Crippen molar-refractivity contribution in [3.8, 4) is 6.07 Å². The van der Waals surface area contributed by atoms with Gasteiger partial charge >= 0.3 is 0 Å². The third-order valence-corrected chi connectivity index (χ3v) is 3.90. The predicted molar refractivity (Wildman–Crippen MR) is 94.8 cm³/mol. The molecular formula is C20H19N3. The highest BCUT2D eigenvalue weighted by Crippen LogP contribution is 2.31. The smallest absolute Gasteiger partial charge is 0.133 e. The van der Waals surface area contributed by atoms with Crippen LogP contribution in [0.3, 0.4) is 0 Å². The van der Waals surface area contributed by atoms with E-state index < -0.39 is 0 Å². The number of nitrogens with one attached hydrogen (secondary N) is 1. The van der Waals surface area contributed by atoms with Crippen LogP contribution in [0.4, 0.5) is 0 Å². The molecule has 3 nitrogen and oxygen atoms in total. The van der Waals surface area contributed by atoms with Crippen LogP contribution in [-0.4, -0.2) is 12.4 Å². The van der Waals surface area contributed by atoms with Gasteiger partial charge in [-0.15, -0.1) is 0 Å². The number of nitrogens with zero attached hydrogens (tertiary/aromatic N) is 2. The Morgan fingerprint density at radius 2 is 1.74 bits per heavy atom. The molecular weight excluding hydrogens is 282 g/mol. The summed E-state index contributed by atoms with van der Waals surface area (Å²) < 4.78 is 0. The highest BCUT2D eigenvalue weighted by atomic mass is 15.0. The molecule has 0 amide bonds. The molecule has 1 N–H and O–H groups in total. The maximum atomic E-state index is 9.68. The van der Waals surface area contributed by atoms with E-state index in [0.29, 0.717) is 5.57 Å². The van der Waals surface area contributed by atoms with Crippen molar-refractivity contribution in [1.29, 1.82) is 5.26 Å². The van der Waals surface area contributed by atoms with Gasteiger partial charge in [-0.3, -0.25) is 4.99 Å². The van der Waals surface area contributed by atoms with Crippen LogP contribution in [0.15, 0.2) is 59.6 Å². The van der Waals surface area contributed by atoms with Gasteiger partial charge in [0.25, 0.3) is 0 Å². The Hall–Kier alpha value is -2.86. The van der Waals surface area contributed by atoms with Crippen molar-refractivity contribution in [2.24, 2.45) is 4.99 Å². The summed E-state index contributed by atoms with van der Waals surface area (Å²) in [6.07, 6.45) is 2.19. The van der Waals surface area contributed by atoms with Crippen molar-refractivity contribution >= 4 is 17.1 Å². The number of hydrogen-bond acceptors (Lipinski definition) is 2. The monoisotopic (exact) mass is 301 g/mol. The third kappa shape index (κ3) is 3.02. The van der Waals surface area contributed by atoms with Gasteiger partial charge in [0.2, 0.25) is 0 Å². The molecule has 2 aromatic carbocycles. The minimum atomic E-state index is 0.652. The standard InChI is InChI=1S/C20H19N3/c1-2-3-13-22-20-17-12-8-7-11-16(17)19(23-20)18(14-21)15-9-5-4-6-10-15/h4-12H,2-3,13H2,1H3,(H,22,23)/b19-18-. The van der Waals surface area contributed by atoms with Crippen LogP contribution in [0.1, 0.15) is 36.5 Å². The van der Waals surface area contributed by atoms with Crippen molar-refractivity contribution in [1.82, 2.24) is 5.32 Å². The van der Waals surface area contributed by atoms with Crippen molar-refractivity contribution in [3.05, 3.63) is 71.3 Å². The third-order valence-electron chi connectivity index (χ3n) is 3.90. The Morgan fingerprint density at radius 1 is 1.04 bits per heavy atom. The first-order valence-electron chi connectivity index (χ1n) is 7.96. The second-order valence-corrected chi connectivity index (χ2v) is 5.48. The number of amidine groups is 1. The van der Waals surface area contributed by atoms with E-state index >= 15 is 0 Å². The fraction of sp³-hybridized carbons (Fsp3) is 0.200. The summed E-state index contributed by atoms with van der Waals surface area (Å²) in [7, 11) is 0. The first-order valence-corrected chi connectivity index (χ1v) is 7.96. The molecule has 1 aliphatic heterocycles. The largest absolute Gasteiger partial charge is 0.338 e. The number of rotatable bonds is 4. The van der Waals surface area contributed by atoms with Gasteiger partial charge in [0.15, 0.2) is 0 Å². The Labute approximate surface area is 137 Å². The lowest BCUT2D eigenvalue weighted by Gasteiger charge is -2.06. The molecule has 0 spiro atoms. The summed E-state index contributed by atoms with van der Waals surface area (Å²) in [4.78, 5) is 4.68. The van der Waals surface area contributed by atoms with Crippen LogP contribution in [-0.2, 0) is 0 Å². The molecule has 1 heterocycles. The van der Waals surface area contributed by atoms with Gasteiger partial charge in [-0.1, -0.05) is 67.9 Å². The van der Waals surface area contributed by atoms with Crippen molar-refractivity contribution in [2.45, 2.75) is 19.8 Å². The molecule has 0 saturated heterocycles. The highest BCUT2D eigenvalue weighted by Gasteiger charge is 2.24. The molecule has 0 saturated carbocycles. The highest BCUT2D eigenvalue weighted by molar-refractivity contribution is 6.17. The quantitative estimate of drug-likeness (QED) is 0.678. The summed E-state index contributed by atoms with van der Waals surface area (Å²) >= 11 is 0. The summed E-state index contributed by atoms with van der Waals surface area (Å²) in [5.74, 6) is 0.868. The molecule has 0 fully saturated rings. The van der Waals surface area contributed by atoms with Crippen LogP contribution in [0.5, 0.6) is 0 Å². The van der Waals surface area contributed by atoms with Crippen LogP contribution >= 0.6 is 0 Å². The average molecular weight is 301 g/mol. The molecule has 0 unspecified atom stereocenters. The van der Waals surface area contributed by atoms with Crippen molar-refractivity contribution < 1.29 is 0 Å². The molecule has 23 heavy (non-hydrogen) atoms. The summed E-state index contributed by atoms with van der Waals surface area (Å²) in [6.45, 7) is 2.96. The number of unbranched alkanes of at least 4 members (excludes halogenated alkanes) is 1. The SMILES string of the molecule is CCCCN=C1N/C(=C(/C#N)c2ccccc2)c2ccccc21. The van der Waals surface area contributed by atoms with E-state index in [1.54, 1.807) is 0 Å². The number of hydrogen-bond donors (Lipinski definition) is 1. The molecule has 0 atom stereocenters. The van der Waals surface area contributed by atoms with Crippen LogP contribution in [0, 0.1) is 11.3 Å². The maximum Gasteiger partial charge on any atom is 0.133 e. The van der Waals surface area contributed by atoms with E-state index in [1.165, 1.54) is 0 Å². The minimum Gasteiger partial charge on any atom is -0.338 e. The fourth-order valence-corrected chi connectivity index (χ4v) is 2.70. The Kier molecular flexibility index (Phi) is 4.54. The lowest BCUT2D eigenvalue weighted by Crippen LogP contribution is -2.15. The number of benzene rings is 2. The number of aliphatic imine (C=N–C) groups is 1. The summed E-state index contributed by atoms with van der Waals surface area (Å²) in [5, 5.41) is 13.1. The maximum absolute atomic E-state index is 9.68. The number of nitriles is 1. The molecule has 3 heteroatoms. The van der Waals surface area contributed by atoms with Gasteiger partial charge in [0.1, 0.15) is 11.9 Å². The molecule has 2 aromatic rings. The van der Waals surface area contributed by atoms with Gasteiger partial charge in [-0.25, -0.2) is 0 Å². The predicted octanol–water partition coefficient (Wildman–Crippen LogP) is 4.23. The minimum absolute atomic E-state index is 0.652. The normalized spacial score (nSPS) is 16.6. The van der Waals surface area contributed by atoms with E-state index in [-0.39, 0.29) is 0 Å². The van der Waals surface area contributed by atoms with E-state index in [9.17, 15) is 5.26 Å². The molecule has 3 rings (SSSR count). The lowest BCUT2D eigenvalue weighted by atomic mass is 10.00. The summed E-state index contributed by atoms with van der Waals surface area (Å²) in [5.41, 5.74) is 4.54. The molecule has 114 valence electrons. The Morgan fingerprint density at radius 3 is 2.43 bits per heavy atom. The molecule has 0 aliphatic carbocycles. The molecule has 1 aliphatic rings. The van der Waals surface area contributed by atoms with Crippen molar-refractivity contribution in [2.75, 3.05) is 6.54 Å². The fourth-order valence-electron chi connectivity index (χ4n) is 2.70. The zero-order valence-corrected chi connectivity index (χ0v) is 13.2. The van der Waals surface area contributed by atoms with Crippen LogP contribution in [0.25, 0.3) is 11.3 Å². The zero-order valence-electron chi connectivity index (χ0n) is 13.2. The van der Waals surface area contributed by atoms with Crippen LogP contribution < -0.4 is 5.32 Å². The van der Waals surface area contributed by atoms with Gasteiger partial charge in [0.05, 0.1) is 11.3 Å². The number of allylic oxidation sites excluding steroid dienone is 1. The topological polar surface area (TPSA) is 48.2 Å². The molecule has 0 radical (unpaired) electrons. The van der Waals surface area contributed by atoms with Crippen molar-refractivity contribution in [3.63, 3.8) is 0 Å². The van der Waals surface area contributed by atoms with E-state index in [1.807, 2.05) is 48.5 Å². The van der Waals surface area contributed by atoms with E-state index in [2.05, 4.69) is 29.4 Å². The Balaban J connectivity index is 2.09. The first-order chi connectivity index (χ1) is 11.3. The zero-order chi connectivity index (χ0) is 16.1. The number of fused-ring (bicyclic) bond motifs is 1. The lowest BCUT2D eigenvalue weighted by molar-refractivity contribution is 0.806. The van der Waals surface area contributed by atoms with Gasteiger partial charge < -0.3 is 5.32 Å². The summed E-state index contributed by atoms with van der Waals surface area (Å²) in [6, 6.07) is 20.2. The van der Waals surface area contributed by atoms with E-state index in [0.717, 1.165) is 47.6 Å². The second-order valence-electron chi connectivity index (χ2n) is 5.48. The first kappa shape index (κ1) is 15.1. The van der Waals surface area contributed by atoms with Gasteiger partial charge in [-0.2, -0.15) is 5.26 Å². The van der Waals surface area contributed by atoms with Gasteiger partial charge in [-0.05, 0) is 12.0 Å². The molecule has 0 aromatic heterocycles. The van der Waals surface area contributed by atoms with E-state index in [4.69, 9.17) is 0 Å². The average Bonchev–Trinajstić information content (AvgIpc) is 2.96. The van der Waals surface area contributed by atoms with Crippen LogP contribution in [0.2, 0.25) is 0 Å². The molecule has 0 bridgehead atoms.